The third-order valence-electron chi connectivity index (χ3n) is 3.40. The van der Waals surface area contributed by atoms with Gasteiger partial charge in [0.25, 0.3) is 0 Å². The Balaban J connectivity index is 1.78. The number of halogens is 2. The van der Waals surface area contributed by atoms with Gasteiger partial charge in [0.2, 0.25) is 5.91 Å². The average molecular weight is 428 g/mol. The Kier molecular flexibility index (Phi) is 7.55. The summed E-state index contributed by atoms with van der Waals surface area (Å²) in [5.74, 6) is 1.22. The van der Waals surface area contributed by atoms with Gasteiger partial charge in [-0.3, -0.25) is 9.69 Å². The van der Waals surface area contributed by atoms with Gasteiger partial charge in [0.05, 0.1) is 19.3 Å². The fourth-order valence-corrected chi connectivity index (χ4v) is 2.58. The van der Waals surface area contributed by atoms with Gasteiger partial charge in [0.1, 0.15) is 18.1 Å². The molecule has 0 spiro atoms. The Labute approximate surface area is 161 Å². The average Bonchev–Trinajstić information content (AvgIpc) is 2.57. The number of rotatable bonds is 8. The summed E-state index contributed by atoms with van der Waals surface area (Å²) in [5.41, 5.74) is 0.555. The lowest BCUT2D eigenvalue weighted by molar-refractivity contribution is -0.117. The molecule has 2 aromatic rings. The van der Waals surface area contributed by atoms with Gasteiger partial charge in [0.15, 0.2) is 0 Å². The molecule has 0 heterocycles. The van der Waals surface area contributed by atoms with Crippen LogP contribution in [0.15, 0.2) is 46.9 Å². The zero-order valence-electron chi connectivity index (χ0n) is 14.1. The van der Waals surface area contributed by atoms with Gasteiger partial charge in [-0.05, 0) is 49.5 Å². The van der Waals surface area contributed by atoms with Crippen LogP contribution in [0, 0.1) is 0 Å². The Morgan fingerprint density at radius 1 is 1.24 bits per heavy atom. The molecule has 0 unspecified atom stereocenters. The minimum atomic E-state index is -0.147. The lowest BCUT2D eigenvalue weighted by Crippen LogP contribution is -2.33. The summed E-state index contributed by atoms with van der Waals surface area (Å²) in [5, 5.41) is 3.35. The van der Waals surface area contributed by atoms with Crippen LogP contribution >= 0.6 is 27.5 Å². The predicted octanol–water partition coefficient (Wildman–Crippen LogP) is 4.06. The van der Waals surface area contributed by atoms with Gasteiger partial charge >= 0.3 is 0 Å². The molecule has 0 aromatic heterocycles. The Morgan fingerprint density at radius 3 is 2.64 bits per heavy atom. The molecule has 1 N–H and O–H groups in total. The van der Waals surface area contributed by atoms with Crippen molar-refractivity contribution in [2.75, 3.05) is 39.2 Å². The molecule has 0 bridgehead atoms. The molecule has 0 radical (unpaired) electrons. The van der Waals surface area contributed by atoms with Crippen molar-refractivity contribution in [2.45, 2.75) is 0 Å². The Bertz CT molecular complexity index is 710. The largest absolute Gasteiger partial charge is 0.495 e. The lowest BCUT2D eigenvalue weighted by Gasteiger charge is -2.17. The lowest BCUT2D eigenvalue weighted by atomic mass is 10.3. The van der Waals surface area contributed by atoms with Crippen molar-refractivity contribution in [3.05, 3.63) is 52.0 Å². The van der Waals surface area contributed by atoms with E-state index in [1.54, 1.807) is 25.3 Å². The fourth-order valence-electron chi connectivity index (χ4n) is 2.14. The second-order valence-electron chi connectivity index (χ2n) is 5.43. The maximum atomic E-state index is 12.2. The molecule has 0 aliphatic rings. The van der Waals surface area contributed by atoms with Crippen molar-refractivity contribution in [3.8, 4) is 11.5 Å². The number of nitrogens with one attached hydrogen (secondary N) is 1. The third kappa shape index (κ3) is 6.57. The van der Waals surface area contributed by atoms with E-state index in [0.29, 0.717) is 29.6 Å². The number of anilines is 1. The highest BCUT2D eigenvalue weighted by atomic mass is 79.9. The van der Waals surface area contributed by atoms with Crippen molar-refractivity contribution in [2.24, 2.45) is 0 Å². The number of nitrogens with zero attached hydrogens (tertiary/aromatic N) is 1. The first kappa shape index (κ1) is 19.6. The number of ether oxygens (including phenoxy) is 2. The highest BCUT2D eigenvalue weighted by Gasteiger charge is 2.11. The maximum absolute atomic E-state index is 12.2. The quantitative estimate of drug-likeness (QED) is 0.690. The van der Waals surface area contributed by atoms with E-state index < -0.39 is 0 Å². The molecule has 0 atom stereocenters. The van der Waals surface area contributed by atoms with Gasteiger partial charge in [-0.15, -0.1) is 0 Å². The summed E-state index contributed by atoms with van der Waals surface area (Å²) >= 11 is 9.34. The van der Waals surface area contributed by atoms with Crippen molar-refractivity contribution >= 4 is 39.1 Å². The Morgan fingerprint density at radius 2 is 1.96 bits per heavy atom. The summed E-state index contributed by atoms with van der Waals surface area (Å²) in [6.07, 6.45) is 0. The number of likely N-dealkylation sites (N-methyl/N-ethyl adjacent to an activating group) is 1. The molecule has 25 heavy (non-hydrogen) atoms. The number of carbonyl (C=O) groups excluding carboxylic acids is 1. The molecule has 0 saturated carbocycles. The van der Waals surface area contributed by atoms with Crippen LogP contribution in [0.25, 0.3) is 0 Å². The highest BCUT2D eigenvalue weighted by molar-refractivity contribution is 9.10. The van der Waals surface area contributed by atoms with E-state index in [-0.39, 0.29) is 12.5 Å². The molecule has 134 valence electrons. The van der Waals surface area contributed by atoms with Crippen LogP contribution in [0.2, 0.25) is 5.02 Å². The molecule has 7 heteroatoms. The molecule has 2 rings (SSSR count). The van der Waals surface area contributed by atoms with E-state index in [0.717, 1.165) is 10.2 Å². The number of hydrogen-bond acceptors (Lipinski definition) is 4. The number of methoxy groups -OCH3 is 1. The first-order valence-corrected chi connectivity index (χ1v) is 8.85. The smallest absolute Gasteiger partial charge is 0.238 e. The molecule has 0 aliphatic heterocycles. The maximum Gasteiger partial charge on any atom is 0.238 e. The van der Waals surface area contributed by atoms with E-state index >= 15 is 0 Å². The van der Waals surface area contributed by atoms with Crippen molar-refractivity contribution in [3.63, 3.8) is 0 Å². The van der Waals surface area contributed by atoms with E-state index in [1.165, 1.54) is 0 Å². The van der Waals surface area contributed by atoms with Crippen LogP contribution in [-0.2, 0) is 4.79 Å². The third-order valence-corrected chi connectivity index (χ3v) is 4.17. The summed E-state index contributed by atoms with van der Waals surface area (Å²) in [4.78, 5) is 14.1. The molecule has 1 amide bonds. The van der Waals surface area contributed by atoms with E-state index in [4.69, 9.17) is 21.1 Å². The predicted molar refractivity (Wildman–Crippen MR) is 104 cm³/mol. The second-order valence-corrected chi connectivity index (χ2v) is 6.79. The van der Waals surface area contributed by atoms with Crippen LogP contribution in [0.3, 0.4) is 0 Å². The molecule has 0 aliphatic carbocycles. The van der Waals surface area contributed by atoms with Gasteiger partial charge in [-0.25, -0.2) is 0 Å². The van der Waals surface area contributed by atoms with Crippen molar-refractivity contribution in [1.29, 1.82) is 0 Å². The van der Waals surface area contributed by atoms with Gasteiger partial charge < -0.3 is 14.8 Å². The van der Waals surface area contributed by atoms with Crippen LogP contribution in [0.4, 0.5) is 5.69 Å². The number of benzene rings is 2. The van der Waals surface area contributed by atoms with Gasteiger partial charge in [-0.2, -0.15) is 0 Å². The summed E-state index contributed by atoms with van der Waals surface area (Å²) in [6, 6.07) is 12.7. The van der Waals surface area contributed by atoms with E-state index in [9.17, 15) is 4.79 Å². The van der Waals surface area contributed by atoms with Gasteiger partial charge in [-0.1, -0.05) is 27.5 Å². The van der Waals surface area contributed by atoms with Crippen LogP contribution < -0.4 is 14.8 Å². The number of amides is 1. The summed E-state index contributed by atoms with van der Waals surface area (Å²) in [7, 11) is 3.41. The fraction of sp³-hybridized carbons (Fsp3) is 0.278. The summed E-state index contributed by atoms with van der Waals surface area (Å²) < 4.78 is 11.9. The van der Waals surface area contributed by atoms with Crippen LogP contribution in [0.1, 0.15) is 0 Å². The SMILES string of the molecule is COc1ccc(Cl)cc1NC(=O)CN(C)CCOc1ccc(Br)cc1. The second kappa shape index (κ2) is 9.65. The molecule has 0 fully saturated rings. The zero-order chi connectivity index (χ0) is 18.2. The monoisotopic (exact) mass is 426 g/mol. The molecule has 5 nitrogen and oxygen atoms in total. The molecular weight excluding hydrogens is 408 g/mol. The number of carbonyl (C=O) groups is 1. The molecule has 0 saturated heterocycles. The van der Waals surface area contributed by atoms with Crippen molar-refractivity contribution in [1.82, 2.24) is 4.90 Å². The zero-order valence-corrected chi connectivity index (χ0v) is 16.4. The topological polar surface area (TPSA) is 50.8 Å². The van der Waals surface area contributed by atoms with E-state index in [1.807, 2.05) is 36.2 Å². The Hall–Kier alpha value is -1.76. The van der Waals surface area contributed by atoms with E-state index in [2.05, 4.69) is 21.2 Å². The molecular formula is C18H20BrClN2O3. The van der Waals surface area contributed by atoms with Crippen LogP contribution in [-0.4, -0.2) is 44.7 Å². The van der Waals surface area contributed by atoms with Gasteiger partial charge in [0, 0.05) is 16.0 Å². The first-order chi connectivity index (χ1) is 12.0. The summed E-state index contributed by atoms with van der Waals surface area (Å²) in [6.45, 7) is 1.35. The van der Waals surface area contributed by atoms with Crippen LogP contribution in [0.5, 0.6) is 11.5 Å². The standard InChI is InChI=1S/C18H20BrClN2O3/c1-22(9-10-25-15-6-3-13(19)4-7-15)12-18(23)21-16-11-14(20)5-8-17(16)24-2/h3-8,11H,9-10,12H2,1-2H3,(H,21,23). The minimum Gasteiger partial charge on any atom is -0.495 e. The normalized spacial score (nSPS) is 10.6. The molecule has 2 aromatic carbocycles. The highest BCUT2D eigenvalue weighted by Crippen LogP contribution is 2.27. The minimum absolute atomic E-state index is 0.147. The number of hydrogen-bond donors (Lipinski definition) is 1. The first-order valence-electron chi connectivity index (χ1n) is 7.68. The van der Waals surface area contributed by atoms with Crippen molar-refractivity contribution < 1.29 is 14.3 Å².